The lowest BCUT2D eigenvalue weighted by molar-refractivity contribution is -0.384. The summed E-state index contributed by atoms with van der Waals surface area (Å²) >= 11 is 0. The molecule has 3 N–H and O–H groups in total. The molecule has 0 aromatic heterocycles. The van der Waals surface area contributed by atoms with Gasteiger partial charge in [-0.2, -0.15) is 0 Å². The molecule has 0 atom stereocenters. The Balaban J connectivity index is 1.82. The Morgan fingerprint density at radius 1 is 1.04 bits per heavy atom. The maximum atomic E-state index is 12.0. The highest BCUT2D eigenvalue weighted by Gasteiger charge is 2.12. The molecule has 0 aliphatic rings. The van der Waals surface area contributed by atoms with E-state index in [1.807, 2.05) is 0 Å². The van der Waals surface area contributed by atoms with E-state index in [2.05, 4.69) is 16.0 Å². The zero-order valence-electron chi connectivity index (χ0n) is 14.3. The van der Waals surface area contributed by atoms with Gasteiger partial charge in [0.25, 0.3) is 5.69 Å². The van der Waals surface area contributed by atoms with Crippen molar-refractivity contribution in [3.05, 3.63) is 64.2 Å². The van der Waals surface area contributed by atoms with E-state index in [4.69, 9.17) is 0 Å². The number of hydrogen-bond donors (Lipinski definition) is 3. The van der Waals surface area contributed by atoms with Crippen LogP contribution in [0.25, 0.3) is 0 Å². The molecule has 0 saturated heterocycles. The third-order valence-electron chi connectivity index (χ3n) is 3.65. The average molecular weight is 356 g/mol. The zero-order chi connectivity index (χ0) is 18.9. The van der Waals surface area contributed by atoms with Crippen LogP contribution in [0.15, 0.2) is 48.5 Å². The Morgan fingerprint density at radius 2 is 1.73 bits per heavy atom. The molecule has 2 amide bonds. The van der Waals surface area contributed by atoms with Crippen LogP contribution in [0.5, 0.6) is 0 Å². The van der Waals surface area contributed by atoms with E-state index in [1.54, 1.807) is 49.5 Å². The molecule has 0 heterocycles. The molecule has 2 rings (SSSR count). The van der Waals surface area contributed by atoms with Crippen LogP contribution >= 0.6 is 0 Å². The van der Waals surface area contributed by atoms with Crippen LogP contribution in [0.4, 0.5) is 17.1 Å². The van der Waals surface area contributed by atoms with Crippen LogP contribution in [0, 0.1) is 10.1 Å². The van der Waals surface area contributed by atoms with Crippen LogP contribution in [0.1, 0.15) is 12.0 Å². The number of rotatable bonds is 8. The van der Waals surface area contributed by atoms with Crippen molar-refractivity contribution in [1.82, 2.24) is 5.32 Å². The number of para-hydroxylation sites is 2. The lowest BCUT2D eigenvalue weighted by Gasteiger charge is -2.08. The van der Waals surface area contributed by atoms with Crippen molar-refractivity contribution in [1.29, 1.82) is 0 Å². The number of carbonyl (C=O) groups excluding carboxylic acids is 2. The number of nitro benzene ring substituents is 1. The molecule has 0 radical (unpaired) electrons. The van der Waals surface area contributed by atoms with Crippen molar-refractivity contribution >= 4 is 28.9 Å². The Kier molecular flexibility index (Phi) is 6.67. The number of hydrogen-bond acceptors (Lipinski definition) is 5. The van der Waals surface area contributed by atoms with Crippen LogP contribution in [0.3, 0.4) is 0 Å². The maximum absolute atomic E-state index is 12.0. The summed E-state index contributed by atoms with van der Waals surface area (Å²) in [5, 5.41) is 19.1. The van der Waals surface area contributed by atoms with Gasteiger partial charge in [-0.05, 0) is 23.8 Å². The normalized spacial score (nSPS) is 10.0. The maximum Gasteiger partial charge on any atom is 0.292 e. The lowest BCUT2D eigenvalue weighted by Crippen LogP contribution is -2.20. The van der Waals surface area contributed by atoms with Gasteiger partial charge in [0, 0.05) is 31.8 Å². The molecular weight excluding hydrogens is 336 g/mol. The predicted molar refractivity (Wildman–Crippen MR) is 99.0 cm³/mol. The van der Waals surface area contributed by atoms with E-state index >= 15 is 0 Å². The first-order chi connectivity index (χ1) is 12.5. The Morgan fingerprint density at radius 3 is 2.38 bits per heavy atom. The van der Waals surface area contributed by atoms with Crippen molar-refractivity contribution in [2.75, 3.05) is 24.2 Å². The molecule has 26 heavy (non-hydrogen) atoms. The minimum Gasteiger partial charge on any atom is -0.379 e. The van der Waals surface area contributed by atoms with Gasteiger partial charge in [-0.1, -0.05) is 24.3 Å². The fourth-order valence-corrected chi connectivity index (χ4v) is 2.30. The number of carbonyl (C=O) groups is 2. The van der Waals surface area contributed by atoms with Gasteiger partial charge in [-0.25, -0.2) is 0 Å². The highest BCUT2D eigenvalue weighted by Crippen LogP contribution is 2.22. The smallest absolute Gasteiger partial charge is 0.292 e. The molecule has 0 bridgehead atoms. The first-order valence-electron chi connectivity index (χ1n) is 8.06. The first kappa shape index (κ1) is 18.9. The molecule has 8 heteroatoms. The molecule has 0 aliphatic heterocycles. The summed E-state index contributed by atoms with van der Waals surface area (Å²) in [5.74, 6) is -0.294. The average Bonchev–Trinajstić information content (AvgIpc) is 2.63. The van der Waals surface area contributed by atoms with Crippen LogP contribution in [-0.4, -0.2) is 30.3 Å². The third-order valence-corrected chi connectivity index (χ3v) is 3.65. The summed E-state index contributed by atoms with van der Waals surface area (Å²) in [5.41, 5.74) is 1.82. The number of benzene rings is 2. The SMILES string of the molecule is CNC(=O)Cc1ccc(NC(=O)CCNc2ccccc2[N+](=O)[O-])cc1. The molecule has 0 aliphatic carbocycles. The number of anilines is 2. The number of nitro groups is 1. The van der Waals surface area contributed by atoms with Crippen molar-refractivity contribution < 1.29 is 14.5 Å². The van der Waals surface area contributed by atoms with Gasteiger partial charge in [0.2, 0.25) is 11.8 Å². The first-order valence-corrected chi connectivity index (χ1v) is 8.06. The summed E-state index contributed by atoms with van der Waals surface area (Å²) in [6, 6.07) is 13.3. The fraction of sp³-hybridized carbons (Fsp3) is 0.222. The van der Waals surface area contributed by atoms with E-state index in [1.165, 1.54) is 6.07 Å². The quantitative estimate of drug-likeness (QED) is 0.496. The van der Waals surface area contributed by atoms with Crippen LogP contribution in [0.2, 0.25) is 0 Å². The van der Waals surface area contributed by atoms with Crippen molar-refractivity contribution in [2.45, 2.75) is 12.8 Å². The Hall–Kier alpha value is -3.42. The highest BCUT2D eigenvalue weighted by molar-refractivity contribution is 5.91. The van der Waals surface area contributed by atoms with Gasteiger partial charge < -0.3 is 16.0 Å². The molecule has 8 nitrogen and oxygen atoms in total. The molecule has 136 valence electrons. The van der Waals surface area contributed by atoms with Gasteiger partial charge in [-0.15, -0.1) is 0 Å². The molecule has 0 fully saturated rings. The highest BCUT2D eigenvalue weighted by atomic mass is 16.6. The molecule has 0 saturated carbocycles. The van der Waals surface area contributed by atoms with Gasteiger partial charge in [0.15, 0.2) is 0 Å². The summed E-state index contributed by atoms with van der Waals surface area (Å²) < 4.78 is 0. The summed E-state index contributed by atoms with van der Waals surface area (Å²) in [6.45, 7) is 0.269. The third kappa shape index (κ3) is 5.59. The summed E-state index contributed by atoms with van der Waals surface area (Å²) in [7, 11) is 1.58. The lowest BCUT2D eigenvalue weighted by atomic mass is 10.1. The summed E-state index contributed by atoms with van der Waals surface area (Å²) in [4.78, 5) is 33.8. The largest absolute Gasteiger partial charge is 0.379 e. The zero-order valence-corrected chi connectivity index (χ0v) is 14.3. The van der Waals surface area contributed by atoms with E-state index in [0.717, 1.165) is 5.56 Å². The van der Waals surface area contributed by atoms with Crippen LogP contribution < -0.4 is 16.0 Å². The molecule has 0 unspecified atom stereocenters. The molecular formula is C18H20N4O4. The number of nitrogens with one attached hydrogen (secondary N) is 3. The summed E-state index contributed by atoms with van der Waals surface area (Å²) in [6.07, 6.45) is 0.441. The number of amides is 2. The van der Waals surface area contributed by atoms with Crippen molar-refractivity contribution in [2.24, 2.45) is 0 Å². The van der Waals surface area contributed by atoms with Gasteiger partial charge >= 0.3 is 0 Å². The molecule has 2 aromatic rings. The minimum absolute atomic E-state index is 0.0281. The monoisotopic (exact) mass is 356 g/mol. The van der Waals surface area contributed by atoms with E-state index in [9.17, 15) is 19.7 Å². The van der Waals surface area contributed by atoms with E-state index in [0.29, 0.717) is 11.4 Å². The second kappa shape index (κ2) is 9.16. The van der Waals surface area contributed by atoms with Crippen LogP contribution in [-0.2, 0) is 16.0 Å². The van der Waals surface area contributed by atoms with Gasteiger partial charge in [0.1, 0.15) is 5.69 Å². The van der Waals surface area contributed by atoms with Crippen molar-refractivity contribution in [3.63, 3.8) is 0 Å². The second-order valence-electron chi connectivity index (χ2n) is 5.55. The second-order valence-corrected chi connectivity index (χ2v) is 5.55. The fourth-order valence-electron chi connectivity index (χ4n) is 2.30. The minimum atomic E-state index is -0.469. The van der Waals surface area contributed by atoms with Gasteiger partial charge in [-0.3, -0.25) is 19.7 Å². The van der Waals surface area contributed by atoms with Crippen molar-refractivity contribution in [3.8, 4) is 0 Å². The van der Waals surface area contributed by atoms with E-state index in [-0.39, 0.29) is 36.9 Å². The Labute approximate surface area is 150 Å². The molecule has 2 aromatic carbocycles. The standard InChI is InChI=1S/C18H20N4O4/c1-19-18(24)12-13-6-8-14(9-7-13)21-17(23)10-11-20-15-4-2-3-5-16(15)22(25)26/h2-9,20H,10-12H2,1H3,(H,19,24)(H,21,23). The number of likely N-dealkylation sites (N-methyl/N-ethyl adjacent to an activating group) is 1. The topological polar surface area (TPSA) is 113 Å². The van der Waals surface area contributed by atoms with Gasteiger partial charge in [0.05, 0.1) is 11.3 Å². The number of nitrogens with zero attached hydrogens (tertiary/aromatic N) is 1. The van der Waals surface area contributed by atoms with E-state index < -0.39 is 4.92 Å². The Bertz CT molecular complexity index is 790. The molecule has 0 spiro atoms. The predicted octanol–water partition coefficient (Wildman–Crippen LogP) is 2.32.